The molecular weight excluding hydrogens is 386 g/mol. The highest BCUT2D eigenvalue weighted by atomic mass is 35.5. The normalized spacial score (nSPS) is 15.2. The summed E-state index contributed by atoms with van der Waals surface area (Å²) < 4.78 is 0. The van der Waals surface area contributed by atoms with E-state index in [2.05, 4.69) is 20.4 Å². The first-order valence-electron chi connectivity index (χ1n) is 8.83. The maximum absolute atomic E-state index is 12.3. The second-order valence-electron chi connectivity index (χ2n) is 6.72. The molecule has 1 aromatic carbocycles. The van der Waals surface area contributed by atoms with Gasteiger partial charge in [0, 0.05) is 42.8 Å². The van der Waals surface area contributed by atoms with Crippen LogP contribution in [-0.2, 0) is 11.3 Å². The molecule has 0 saturated carbocycles. The van der Waals surface area contributed by atoms with Gasteiger partial charge in [0.05, 0.1) is 6.54 Å². The molecule has 1 N–H and O–H groups in total. The summed E-state index contributed by atoms with van der Waals surface area (Å²) in [5, 5.41) is 12.6. The molecule has 2 aromatic rings. The molecule has 0 unspecified atom stereocenters. The first-order chi connectivity index (χ1) is 12.9. The molecule has 7 nitrogen and oxygen atoms in total. The summed E-state index contributed by atoms with van der Waals surface area (Å²) in [6.45, 7) is 7.52. The molecular formula is C18H22ClN5O2S. The zero-order chi connectivity index (χ0) is 19.4. The Balaban J connectivity index is 1.52. The second kappa shape index (κ2) is 8.77. The van der Waals surface area contributed by atoms with Crippen molar-refractivity contribution in [2.24, 2.45) is 5.92 Å². The van der Waals surface area contributed by atoms with Crippen molar-refractivity contribution in [1.82, 2.24) is 20.0 Å². The Bertz CT molecular complexity index is 800. The SMILES string of the molecule is CC(C)C(=O)N1CCN(Cc2nnc(C(=O)Nc3ccc(Cl)cc3)s2)CC1. The van der Waals surface area contributed by atoms with Gasteiger partial charge in [-0.3, -0.25) is 14.5 Å². The van der Waals surface area contributed by atoms with Crippen LogP contribution in [0.4, 0.5) is 5.69 Å². The predicted octanol–water partition coefficient (Wildman–Crippen LogP) is 2.74. The lowest BCUT2D eigenvalue weighted by atomic mass is 10.1. The van der Waals surface area contributed by atoms with Crippen molar-refractivity contribution in [2.75, 3.05) is 31.5 Å². The van der Waals surface area contributed by atoms with Gasteiger partial charge in [-0.2, -0.15) is 0 Å². The average Bonchev–Trinajstić information content (AvgIpc) is 3.12. The van der Waals surface area contributed by atoms with Crippen LogP contribution in [0.25, 0.3) is 0 Å². The fourth-order valence-electron chi connectivity index (χ4n) is 2.81. The molecule has 1 fully saturated rings. The number of hydrogen-bond acceptors (Lipinski definition) is 6. The van der Waals surface area contributed by atoms with Gasteiger partial charge in [0.1, 0.15) is 5.01 Å². The summed E-state index contributed by atoms with van der Waals surface area (Å²) in [7, 11) is 0. The minimum absolute atomic E-state index is 0.0291. The molecule has 0 bridgehead atoms. The quantitative estimate of drug-likeness (QED) is 0.824. The third kappa shape index (κ3) is 5.24. The van der Waals surface area contributed by atoms with Gasteiger partial charge in [-0.05, 0) is 24.3 Å². The molecule has 0 spiro atoms. The Hall–Kier alpha value is -2.03. The Morgan fingerprint density at radius 3 is 2.44 bits per heavy atom. The van der Waals surface area contributed by atoms with Gasteiger partial charge in [0.25, 0.3) is 5.91 Å². The molecule has 1 aromatic heterocycles. The van der Waals surface area contributed by atoms with Crippen molar-refractivity contribution in [3.05, 3.63) is 39.3 Å². The van der Waals surface area contributed by atoms with Crippen LogP contribution in [0, 0.1) is 5.92 Å². The Morgan fingerprint density at radius 2 is 1.81 bits per heavy atom. The van der Waals surface area contributed by atoms with E-state index >= 15 is 0 Å². The Morgan fingerprint density at radius 1 is 1.15 bits per heavy atom. The number of halogens is 1. The third-order valence-corrected chi connectivity index (χ3v) is 5.46. The van der Waals surface area contributed by atoms with E-state index in [9.17, 15) is 9.59 Å². The van der Waals surface area contributed by atoms with Crippen molar-refractivity contribution < 1.29 is 9.59 Å². The van der Waals surface area contributed by atoms with Crippen LogP contribution in [0.5, 0.6) is 0 Å². The lowest BCUT2D eigenvalue weighted by Gasteiger charge is -2.35. The average molecular weight is 408 g/mol. The number of hydrogen-bond donors (Lipinski definition) is 1. The molecule has 1 aliphatic heterocycles. The molecule has 3 rings (SSSR count). The highest BCUT2D eigenvalue weighted by Gasteiger charge is 2.24. The van der Waals surface area contributed by atoms with Gasteiger partial charge in [-0.15, -0.1) is 10.2 Å². The van der Waals surface area contributed by atoms with Gasteiger partial charge < -0.3 is 10.2 Å². The van der Waals surface area contributed by atoms with Gasteiger partial charge in [0.15, 0.2) is 0 Å². The van der Waals surface area contributed by atoms with Crippen LogP contribution >= 0.6 is 22.9 Å². The highest BCUT2D eigenvalue weighted by Crippen LogP contribution is 2.18. The molecule has 9 heteroatoms. The van der Waals surface area contributed by atoms with E-state index in [1.165, 1.54) is 11.3 Å². The number of nitrogens with one attached hydrogen (secondary N) is 1. The van der Waals surface area contributed by atoms with Crippen LogP contribution < -0.4 is 5.32 Å². The molecule has 0 aliphatic carbocycles. The maximum atomic E-state index is 12.3. The van der Waals surface area contributed by atoms with Crippen LogP contribution in [0.3, 0.4) is 0 Å². The number of piperazine rings is 1. The van der Waals surface area contributed by atoms with Crippen molar-refractivity contribution in [1.29, 1.82) is 0 Å². The van der Waals surface area contributed by atoms with Crippen molar-refractivity contribution in [3.8, 4) is 0 Å². The molecule has 1 saturated heterocycles. The van der Waals surface area contributed by atoms with E-state index in [1.807, 2.05) is 18.7 Å². The first-order valence-corrected chi connectivity index (χ1v) is 10.0. The molecule has 27 heavy (non-hydrogen) atoms. The molecule has 0 radical (unpaired) electrons. The number of benzene rings is 1. The van der Waals surface area contributed by atoms with E-state index in [0.29, 0.717) is 22.3 Å². The minimum atomic E-state index is -0.284. The van der Waals surface area contributed by atoms with Crippen LogP contribution in [0.1, 0.15) is 28.7 Å². The first kappa shape index (κ1) is 19.7. The van der Waals surface area contributed by atoms with Crippen molar-refractivity contribution in [2.45, 2.75) is 20.4 Å². The summed E-state index contributed by atoms with van der Waals surface area (Å²) in [4.78, 5) is 28.5. The second-order valence-corrected chi connectivity index (χ2v) is 8.22. The van der Waals surface area contributed by atoms with Gasteiger partial charge in [-0.1, -0.05) is 36.8 Å². The Kier molecular flexibility index (Phi) is 6.41. The molecule has 2 amide bonds. The van der Waals surface area contributed by atoms with Crippen LogP contribution in [-0.4, -0.2) is 58.0 Å². The van der Waals surface area contributed by atoms with Crippen molar-refractivity contribution >= 4 is 40.4 Å². The van der Waals surface area contributed by atoms with E-state index in [4.69, 9.17) is 11.6 Å². The fourth-order valence-corrected chi connectivity index (χ4v) is 3.71. The number of amides is 2. The summed E-state index contributed by atoms with van der Waals surface area (Å²) in [5.74, 6) is -0.0541. The summed E-state index contributed by atoms with van der Waals surface area (Å²) >= 11 is 7.13. The maximum Gasteiger partial charge on any atom is 0.286 e. The standard InChI is InChI=1S/C18H22ClN5O2S/c1-12(2)18(26)24-9-7-23(8-10-24)11-15-21-22-17(27-15)16(25)20-14-5-3-13(19)4-6-14/h3-6,12H,7-11H2,1-2H3,(H,20,25). The van der Waals surface area contributed by atoms with Crippen molar-refractivity contribution in [3.63, 3.8) is 0 Å². The Labute approximate surface area is 167 Å². The summed E-state index contributed by atoms with van der Waals surface area (Å²) in [5.41, 5.74) is 0.659. The van der Waals surface area contributed by atoms with E-state index in [1.54, 1.807) is 24.3 Å². The van der Waals surface area contributed by atoms with E-state index in [0.717, 1.165) is 31.2 Å². The number of rotatable bonds is 5. The summed E-state index contributed by atoms with van der Waals surface area (Å²) in [6.07, 6.45) is 0. The van der Waals surface area contributed by atoms with Gasteiger partial charge in [-0.25, -0.2) is 0 Å². The predicted molar refractivity (Wildman–Crippen MR) is 106 cm³/mol. The number of anilines is 1. The minimum Gasteiger partial charge on any atom is -0.340 e. The van der Waals surface area contributed by atoms with Crippen LogP contribution in [0.2, 0.25) is 5.02 Å². The molecule has 0 atom stereocenters. The smallest absolute Gasteiger partial charge is 0.286 e. The topological polar surface area (TPSA) is 78.4 Å². The number of carbonyl (C=O) groups is 2. The zero-order valence-corrected chi connectivity index (χ0v) is 16.9. The monoisotopic (exact) mass is 407 g/mol. The number of nitrogens with zero attached hydrogens (tertiary/aromatic N) is 4. The van der Waals surface area contributed by atoms with Crippen LogP contribution in [0.15, 0.2) is 24.3 Å². The number of aromatic nitrogens is 2. The van der Waals surface area contributed by atoms with Gasteiger partial charge in [0.2, 0.25) is 10.9 Å². The largest absolute Gasteiger partial charge is 0.340 e. The van der Waals surface area contributed by atoms with E-state index < -0.39 is 0 Å². The lowest BCUT2D eigenvalue weighted by Crippen LogP contribution is -2.49. The number of carbonyl (C=O) groups excluding carboxylic acids is 2. The highest BCUT2D eigenvalue weighted by molar-refractivity contribution is 7.13. The molecule has 1 aliphatic rings. The zero-order valence-electron chi connectivity index (χ0n) is 15.3. The molecule has 144 valence electrons. The third-order valence-electron chi connectivity index (χ3n) is 4.30. The molecule has 2 heterocycles. The van der Waals surface area contributed by atoms with Gasteiger partial charge >= 0.3 is 0 Å². The van der Waals surface area contributed by atoms with E-state index in [-0.39, 0.29) is 17.7 Å². The summed E-state index contributed by atoms with van der Waals surface area (Å²) in [6, 6.07) is 6.90. The lowest BCUT2D eigenvalue weighted by molar-refractivity contribution is -0.136. The fraction of sp³-hybridized carbons (Fsp3) is 0.444.